The van der Waals surface area contributed by atoms with E-state index in [9.17, 15) is 4.79 Å². The van der Waals surface area contributed by atoms with Gasteiger partial charge >= 0.3 is 0 Å². The maximum atomic E-state index is 12.0. The number of carbonyl (C=O) groups excluding carboxylic acids is 1. The monoisotopic (exact) mass is 370 g/mol. The first-order valence-electron chi connectivity index (χ1n) is 7.48. The molecule has 1 heterocycles. The van der Waals surface area contributed by atoms with Gasteiger partial charge in [0.2, 0.25) is 5.91 Å². The van der Waals surface area contributed by atoms with Crippen molar-refractivity contribution in [2.45, 2.75) is 0 Å². The second-order valence-corrected chi connectivity index (χ2v) is 6.44. The Bertz CT molecular complexity index is 887. The van der Waals surface area contributed by atoms with Gasteiger partial charge in [-0.25, -0.2) is 4.98 Å². The molecule has 0 unspecified atom stereocenters. The Labute approximate surface area is 154 Å². The van der Waals surface area contributed by atoms with Gasteiger partial charge in [0, 0.05) is 22.0 Å². The average Bonchev–Trinajstić information content (AvgIpc) is 3.10. The van der Waals surface area contributed by atoms with Gasteiger partial charge in [0.05, 0.1) is 12.8 Å². The molecule has 25 heavy (non-hydrogen) atoms. The van der Waals surface area contributed by atoms with E-state index in [4.69, 9.17) is 16.3 Å². The van der Waals surface area contributed by atoms with Crippen LogP contribution in [0.4, 0.5) is 5.13 Å². The van der Waals surface area contributed by atoms with Crippen molar-refractivity contribution in [1.82, 2.24) is 4.98 Å². The van der Waals surface area contributed by atoms with Gasteiger partial charge in [-0.15, -0.1) is 11.3 Å². The molecule has 3 rings (SSSR count). The van der Waals surface area contributed by atoms with Crippen LogP contribution in [0.25, 0.3) is 17.3 Å². The Morgan fingerprint density at radius 3 is 2.56 bits per heavy atom. The topological polar surface area (TPSA) is 51.2 Å². The molecule has 2 aromatic carbocycles. The summed E-state index contributed by atoms with van der Waals surface area (Å²) in [5.74, 6) is 0.561. The van der Waals surface area contributed by atoms with Crippen LogP contribution in [0.5, 0.6) is 5.75 Å². The Kier molecular flexibility index (Phi) is 5.48. The molecule has 1 amide bonds. The molecule has 0 aliphatic heterocycles. The molecular formula is C19H15ClN2O2S. The molecular weight excluding hydrogens is 356 g/mol. The van der Waals surface area contributed by atoms with E-state index < -0.39 is 0 Å². The van der Waals surface area contributed by atoms with E-state index in [1.165, 1.54) is 17.4 Å². The highest BCUT2D eigenvalue weighted by Crippen LogP contribution is 2.26. The fraction of sp³-hybridized carbons (Fsp3) is 0.0526. The van der Waals surface area contributed by atoms with Crippen LogP contribution in [0, 0.1) is 0 Å². The van der Waals surface area contributed by atoms with Gasteiger partial charge in [-0.3, -0.25) is 10.1 Å². The Morgan fingerprint density at radius 1 is 1.16 bits per heavy atom. The summed E-state index contributed by atoms with van der Waals surface area (Å²) < 4.78 is 5.14. The standard InChI is InChI=1S/C19H15ClN2O2S/c1-24-16-9-5-14(6-10-16)17-12-25-19(21-17)22-18(23)11-4-13-2-7-15(20)8-3-13/h2-12H,1H3,(H,21,22,23)/b11-4+. The molecule has 0 fully saturated rings. The number of rotatable bonds is 5. The predicted molar refractivity (Wildman–Crippen MR) is 103 cm³/mol. The average molecular weight is 371 g/mol. The minimum atomic E-state index is -0.231. The zero-order valence-electron chi connectivity index (χ0n) is 13.4. The van der Waals surface area contributed by atoms with Gasteiger partial charge in [0.25, 0.3) is 0 Å². The first-order chi connectivity index (χ1) is 12.1. The summed E-state index contributed by atoms with van der Waals surface area (Å²) in [6.45, 7) is 0. The fourth-order valence-electron chi connectivity index (χ4n) is 2.12. The summed E-state index contributed by atoms with van der Waals surface area (Å²) in [6, 6.07) is 14.9. The van der Waals surface area contributed by atoms with Gasteiger partial charge in [-0.05, 0) is 48.0 Å². The van der Waals surface area contributed by atoms with E-state index in [1.807, 2.05) is 41.8 Å². The maximum Gasteiger partial charge on any atom is 0.250 e. The zero-order chi connectivity index (χ0) is 17.6. The van der Waals surface area contributed by atoms with E-state index in [0.29, 0.717) is 10.2 Å². The third kappa shape index (κ3) is 4.68. The number of aromatic nitrogens is 1. The van der Waals surface area contributed by atoms with E-state index in [0.717, 1.165) is 22.6 Å². The number of halogens is 1. The van der Waals surface area contributed by atoms with Gasteiger partial charge in [0.15, 0.2) is 5.13 Å². The molecule has 0 atom stereocenters. The molecule has 0 spiro atoms. The summed E-state index contributed by atoms with van der Waals surface area (Å²) in [5, 5.41) is 5.89. The van der Waals surface area contributed by atoms with Crippen LogP contribution in [-0.4, -0.2) is 18.0 Å². The van der Waals surface area contributed by atoms with Crippen molar-refractivity contribution in [2.75, 3.05) is 12.4 Å². The van der Waals surface area contributed by atoms with Crippen LogP contribution < -0.4 is 10.1 Å². The Balaban J connectivity index is 1.64. The number of hydrogen-bond acceptors (Lipinski definition) is 4. The van der Waals surface area contributed by atoms with E-state index in [2.05, 4.69) is 10.3 Å². The Hall–Kier alpha value is -2.63. The van der Waals surface area contributed by atoms with Crippen LogP contribution >= 0.6 is 22.9 Å². The van der Waals surface area contributed by atoms with E-state index in [-0.39, 0.29) is 5.91 Å². The van der Waals surface area contributed by atoms with Crippen molar-refractivity contribution in [2.24, 2.45) is 0 Å². The van der Waals surface area contributed by atoms with Crippen molar-refractivity contribution >= 4 is 40.1 Å². The predicted octanol–water partition coefficient (Wildman–Crippen LogP) is 5.12. The van der Waals surface area contributed by atoms with Crippen LogP contribution in [0.15, 0.2) is 60.0 Å². The second-order valence-electron chi connectivity index (χ2n) is 5.14. The first-order valence-corrected chi connectivity index (χ1v) is 8.74. The molecule has 6 heteroatoms. The lowest BCUT2D eigenvalue weighted by molar-refractivity contribution is -0.111. The number of amides is 1. The third-order valence-electron chi connectivity index (χ3n) is 3.42. The number of anilines is 1. The number of hydrogen-bond donors (Lipinski definition) is 1. The van der Waals surface area contributed by atoms with Crippen molar-refractivity contribution < 1.29 is 9.53 Å². The largest absolute Gasteiger partial charge is 0.497 e. The van der Waals surface area contributed by atoms with Gasteiger partial charge in [-0.2, -0.15) is 0 Å². The van der Waals surface area contributed by atoms with Crippen LogP contribution in [0.3, 0.4) is 0 Å². The molecule has 1 N–H and O–H groups in total. The molecule has 4 nitrogen and oxygen atoms in total. The number of carbonyl (C=O) groups is 1. The second kappa shape index (κ2) is 7.96. The fourth-order valence-corrected chi connectivity index (χ4v) is 2.97. The lowest BCUT2D eigenvalue weighted by Gasteiger charge is -2.00. The van der Waals surface area contributed by atoms with Crippen molar-refractivity contribution in [3.63, 3.8) is 0 Å². The molecule has 1 aromatic heterocycles. The number of ether oxygens (including phenoxy) is 1. The van der Waals surface area contributed by atoms with Crippen LogP contribution in [-0.2, 0) is 4.79 Å². The smallest absolute Gasteiger partial charge is 0.250 e. The van der Waals surface area contributed by atoms with Gasteiger partial charge < -0.3 is 4.74 Å². The van der Waals surface area contributed by atoms with E-state index in [1.54, 1.807) is 25.3 Å². The quantitative estimate of drug-likeness (QED) is 0.634. The van der Waals surface area contributed by atoms with Crippen molar-refractivity contribution in [3.05, 3.63) is 70.6 Å². The number of benzene rings is 2. The third-order valence-corrected chi connectivity index (χ3v) is 4.43. The lowest BCUT2D eigenvalue weighted by atomic mass is 10.2. The SMILES string of the molecule is COc1ccc(-c2csc(NC(=O)/C=C/c3ccc(Cl)cc3)n2)cc1. The van der Waals surface area contributed by atoms with E-state index >= 15 is 0 Å². The summed E-state index contributed by atoms with van der Waals surface area (Å²) in [7, 11) is 1.63. The Morgan fingerprint density at radius 2 is 1.88 bits per heavy atom. The number of nitrogens with one attached hydrogen (secondary N) is 1. The van der Waals surface area contributed by atoms with Crippen molar-refractivity contribution in [1.29, 1.82) is 0 Å². The molecule has 0 saturated carbocycles. The normalized spacial score (nSPS) is 10.8. The lowest BCUT2D eigenvalue weighted by Crippen LogP contribution is -2.07. The number of nitrogens with zero attached hydrogens (tertiary/aromatic N) is 1. The molecule has 3 aromatic rings. The minimum absolute atomic E-state index is 0.231. The first kappa shape index (κ1) is 17.2. The highest BCUT2D eigenvalue weighted by molar-refractivity contribution is 7.14. The number of methoxy groups -OCH3 is 1. The number of thiazole rings is 1. The molecule has 0 aliphatic rings. The minimum Gasteiger partial charge on any atom is -0.497 e. The summed E-state index contributed by atoms with van der Waals surface area (Å²) in [4.78, 5) is 16.4. The molecule has 126 valence electrons. The summed E-state index contributed by atoms with van der Waals surface area (Å²) >= 11 is 7.21. The highest BCUT2D eigenvalue weighted by atomic mass is 35.5. The summed E-state index contributed by atoms with van der Waals surface area (Å²) in [5.41, 5.74) is 2.68. The van der Waals surface area contributed by atoms with Gasteiger partial charge in [0.1, 0.15) is 5.75 Å². The van der Waals surface area contributed by atoms with Gasteiger partial charge in [-0.1, -0.05) is 23.7 Å². The van der Waals surface area contributed by atoms with Crippen molar-refractivity contribution in [3.8, 4) is 17.0 Å². The van der Waals surface area contributed by atoms with Crippen LogP contribution in [0.2, 0.25) is 5.02 Å². The molecule has 0 bridgehead atoms. The molecule has 0 radical (unpaired) electrons. The maximum absolute atomic E-state index is 12.0. The molecule has 0 saturated heterocycles. The zero-order valence-corrected chi connectivity index (χ0v) is 15.0. The van der Waals surface area contributed by atoms with Crippen LogP contribution in [0.1, 0.15) is 5.56 Å². The highest BCUT2D eigenvalue weighted by Gasteiger charge is 2.06. The molecule has 0 aliphatic carbocycles. The summed E-state index contributed by atoms with van der Waals surface area (Å²) in [6.07, 6.45) is 3.20.